The van der Waals surface area contributed by atoms with Crippen LogP contribution in [0.3, 0.4) is 0 Å². The van der Waals surface area contributed by atoms with Gasteiger partial charge in [0.2, 0.25) is 0 Å². The molecule has 2 aromatic carbocycles. The third kappa shape index (κ3) is 6.45. The third-order valence-electron chi connectivity index (χ3n) is 4.48. The average Bonchev–Trinajstić information content (AvgIpc) is 2.70. The van der Waals surface area contributed by atoms with Crippen LogP contribution in [-0.2, 0) is 6.54 Å². The summed E-state index contributed by atoms with van der Waals surface area (Å²) in [5.74, 6) is 0.115. The molecule has 9 heteroatoms. The fraction of sp³-hybridized carbons (Fsp3) is 0.350. The van der Waals surface area contributed by atoms with Crippen molar-refractivity contribution in [3.8, 4) is 5.75 Å². The van der Waals surface area contributed by atoms with Gasteiger partial charge in [0.1, 0.15) is 5.75 Å². The van der Waals surface area contributed by atoms with E-state index in [9.17, 15) is 18.0 Å². The van der Waals surface area contributed by atoms with E-state index >= 15 is 0 Å². The average molecular weight is 428 g/mol. The molecule has 5 nitrogen and oxygen atoms in total. The van der Waals surface area contributed by atoms with Gasteiger partial charge in [-0.1, -0.05) is 29.8 Å². The normalized spacial score (nSPS) is 14.6. The number of rotatable bonds is 5. The molecule has 3 rings (SSSR count). The molecule has 0 aliphatic carbocycles. The molecule has 2 amide bonds. The molecule has 1 aliphatic rings. The predicted molar refractivity (Wildman–Crippen MR) is 105 cm³/mol. The zero-order valence-corrected chi connectivity index (χ0v) is 16.3. The van der Waals surface area contributed by atoms with Gasteiger partial charge in [-0.25, -0.2) is 4.79 Å². The molecule has 1 aliphatic heterocycles. The minimum absolute atomic E-state index is 0.115. The van der Waals surface area contributed by atoms with Gasteiger partial charge in [-0.3, -0.25) is 0 Å². The standard InChI is InChI=1S/C20H21ClF3N3O2/c21-16-4-2-5-17(12-16)26-7-9-27(10-8-26)19(28)25-13-15-3-1-6-18(11-15)29-14-20(22,23)24/h1-6,11-12H,7-10,13-14H2,(H,25,28). The van der Waals surface area contributed by atoms with Crippen molar-refractivity contribution in [1.82, 2.24) is 10.2 Å². The van der Waals surface area contributed by atoms with E-state index in [1.807, 2.05) is 24.3 Å². The van der Waals surface area contributed by atoms with Crippen molar-refractivity contribution in [2.75, 3.05) is 37.7 Å². The maximum Gasteiger partial charge on any atom is 0.422 e. The number of nitrogens with one attached hydrogen (secondary N) is 1. The van der Waals surface area contributed by atoms with E-state index < -0.39 is 12.8 Å². The van der Waals surface area contributed by atoms with Crippen LogP contribution in [0.4, 0.5) is 23.7 Å². The molecule has 29 heavy (non-hydrogen) atoms. The van der Waals surface area contributed by atoms with Crippen molar-refractivity contribution < 1.29 is 22.7 Å². The highest BCUT2D eigenvalue weighted by Crippen LogP contribution is 2.21. The van der Waals surface area contributed by atoms with Crippen LogP contribution in [-0.4, -0.2) is 49.9 Å². The Morgan fingerprint density at radius 2 is 1.79 bits per heavy atom. The molecule has 1 fully saturated rings. The summed E-state index contributed by atoms with van der Waals surface area (Å²) in [7, 11) is 0. The zero-order valence-electron chi connectivity index (χ0n) is 15.6. The molecule has 1 saturated heterocycles. The van der Waals surface area contributed by atoms with Crippen LogP contribution in [0.5, 0.6) is 5.75 Å². The molecule has 1 N–H and O–H groups in total. The van der Waals surface area contributed by atoms with Gasteiger partial charge >= 0.3 is 12.2 Å². The first kappa shape index (κ1) is 21.1. The Labute approximate surface area is 172 Å². The van der Waals surface area contributed by atoms with E-state index in [-0.39, 0.29) is 18.3 Å². The number of anilines is 1. The fourth-order valence-corrected chi connectivity index (χ4v) is 3.22. The number of amides is 2. The maximum absolute atomic E-state index is 12.4. The van der Waals surface area contributed by atoms with Crippen molar-refractivity contribution in [2.24, 2.45) is 0 Å². The summed E-state index contributed by atoms with van der Waals surface area (Å²) in [6.45, 7) is 1.36. The van der Waals surface area contributed by atoms with Gasteiger partial charge in [0.15, 0.2) is 6.61 Å². The summed E-state index contributed by atoms with van der Waals surface area (Å²) in [6.07, 6.45) is -4.39. The first-order valence-electron chi connectivity index (χ1n) is 9.12. The number of urea groups is 1. The minimum atomic E-state index is -4.39. The van der Waals surface area contributed by atoms with Crippen molar-refractivity contribution in [3.63, 3.8) is 0 Å². The van der Waals surface area contributed by atoms with Crippen LogP contribution < -0.4 is 15.0 Å². The van der Waals surface area contributed by atoms with Gasteiger partial charge in [-0.15, -0.1) is 0 Å². The Morgan fingerprint density at radius 3 is 2.48 bits per heavy atom. The summed E-state index contributed by atoms with van der Waals surface area (Å²) in [4.78, 5) is 16.3. The molecule has 0 spiro atoms. The third-order valence-corrected chi connectivity index (χ3v) is 4.72. The monoisotopic (exact) mass is 427 g/mol. The number of hydrogen-bond acceptors (Lipinski definition) is 3. The lowest BCUT2D eigenvalue weighted by molar-refractivity contribution is -0.153. The van der Waals surface area contributed by atoms with Gasteiger partial charge in [0.05, 0.1) is 0 Å². The summed E-state index contributed by atoms with van der Waals surface area (Å²) in [5, 5.41) is 3.47. The number of alkyl halides is 3. The minimum Gasteiger partial charge on any atom is -0.484 e. The van der Waals surface area contributed by atoms with Crippen LogP contribution in [0.1, 0.15) is 5.56 Å². The summed E-state index contributed by atoms with van der Waals surface area (Å²) >= 11 is 6.03. The van der Waals surface area contributed by atoms with E-state index in [2.05, 4.69) is 10.2 Å². The van der Waals surface area contributed by atoms with Crippen LogP contribution in [0, 0.1) is 0 Å². The molecule has 0 unspecified atom stereocenters. The highest BCUT2D eigenvalue weighted by atomic mass is 35.5. The molecule has 156 valence electrons. The van der Waals surface area contributed by atoms with Crippen molar-refractivity contribution in [3.05, 3.63) is 59.1 Å². The van der Waals surface area contributed by atoms with Crippen molar-refractivity contribution in [1.29, 1.82) is 0 Å². The van der Waals surface area contributed by atoms with E-state index in [4.69, 9.17) is 16.3 Å². The number of piperazine rings is 1. The number of nitrogens with zero attached hydrogens (tertiary/aromatic N) is 2. The number of carbonyl (C=O) groups excluding carboxylic acids is 1. The lowest BCUT2D eigenvalue weighted by Gasteiger charge is -2.36. The molecule has 0 saturated carbocycles. The molecule has 0 bridgehead atoms. The van der Waals surface area contributed by atoms with Crippen molar-refractivity contribution >= 4 is 23.3 Å². The SMILES string of the molecule is O=C(NCc1cccc(OCC(F)(F)F)c1)N1CCN(c2cccc(Cl)c2)CC1. The van der Waals surface area contributed by atoms with Gasteiger partial charge in [0.25, 0.3) is 0 Å². The number of carbonyl (C=O) groups is 1. The summed E-state index contributed by atoms with van der Waals surface area (Å²) < 4.78 is 41.5. The van der Waals surface area contributed by atoms with Gasteiger partial charge in [-0.05, 0) is 35.9 Å². The number of hydrogen-bond donors (Lipinski definition) is 1. The molecule has 2 aromatic rings. The second-order valence-corrected chi connectivity index (χ2v) is 7.10. The molecule has 1 heterocycles. The first-order chi connectivity index (χ1) is 13.8. The zero-order chi connectivity index (χ0) is 20.9. The molecule has 0 radical (unpaired) electrons. The lowest BCUT2D eigenvalue weighted by Crippen LogP contribution is -2.51. The number of benzene rings is 2. The van der Waals surface area contributed by atoms with E-state index in [1.54, 1.807) is 17.0 Å². The summed E-state index contributed by atoms with van der Waals surface area (Å²) in [6, 6.07) is 13.6. The lowest BCUT2D eigenvalue weighted by atomic mass is 10.2. The van der Waals surface area contributed by atoms with Crippen LogP contribution in [0.15, 0.2) is 48.5 Å². The van der Waals surface area contributed by atoms with E-state index in [1.165, 1.54) is 12.1 Å². The van der Waals surface area contributed by atoms with Crippen LogP contribution in [0.2, 0.25) is 5.02 Å². The van der Waals surface area contributed by atoms with Crippen LogP contribution in [0.25, 0.3) is 0 Å². The van der Waals surface area contributed by atoms with E-state index in [0.717, 1.165) is 5.69 Å². The fourth-order valence-electron chi connectivity index (χ4n) is 3.04. The topological polar surface area (TPSA) is 44.8 Å². The maximum atomic E-state index is 12.4. The Morgan fingerprint density at radius 1 is 1.07 bits per heavy atom. The second-order valence-electron chi connectivity index (χ2n) is 6.66. The van der Waals surface area contributed by atoms with Crippen LogP contribution >= 0.6 is 11.6 Å². The Balaban J connectivity index is 1.47. The van der Waals surface area contributed by atoms with E-state index in [0.29, 0.717) is 36.8 Å². The quantitative estimate of drug-likeness (QED) is 0.773. The summed E-state index contributed by atoms with van der Waals surface area (Å²) in [5.41, 5.74) is 1.68. The van der Waals surface area contributed by atoms with Gasteiger partial charge in [0, 0.05) is 43.4 Å². The van der Waals surface area contributed by atoms with Crippen molar-refractivity contribution in [2.45, 2.75) is 12.7 Å². The predicted octanol–water partition coefficient (Wildman–Crippen LogP) is 4.31. The Bertz CT molecular complexity index is 840. The molecule has 0 aromatic heterocycles. The largest absolute Gasteiger partial charge is 0.484 e. The molecular formula is C20H21ClF3N3O2. The first-order valence-corrected chi connectivity index (χ1v) is 9.50. The Hall–Kier alpha value is -2.61. The number of halogens is 4. The Kier molecular flexibility index (Phi) is 6.74. The second kappa shape index (κ2) is 9.26. The smallest absolute Gasteiger partial charge is 0.422 e. The highest BCUT2D eigenvalue weighted by molar-refractivity contribution is 6.30. The number of ether oxygens (including phenoxy) is 1. The highest BCUT2D eigenvalue weighted by Gasteiger charge is 2.28. The van der Waals surface area contributed by atoms with Gasteiger partial charge < -0.3 is 19.9 Å². The molecule has 0 atom stereocenters. The van der Waals surface area contributed by atoms with Gasteiger partial charge in [-0.2, -0.15) is 13.2 Å². The molecular weight excluding hydrogens is 407 g/mol.